The van der Waals surface area contributed by atoms with Crippen LogP contribution in [-0.4, -0.2) is 46.5 Å². The first kappa shape index (κ1) is 13.9. The van der Waals surface area contributed by atoms with Crippen LogP contribution in [0.5, 0.6) is 0 Å². The van der Waals surface area contributed by atoms with Crippen molar-refractivity contribution >= 4 is 10.0 Å². The molecule has 0 bridgehead atoms. The van der Waals surface area contributed by atoms with Crippen molar-refractivity contribution in [3.8, 4) is 0 Å². The first-order valence-electron chi connectivity index (χ1n) is 5.92. The lowest BCUT2D eigenvalue weighted by molar-refractivity contribution is 0.146. The Bertz CT molecular complexity index is 276. The van der Waals surface area contributed by atoms with Crippen LogP contribution in [0.25, 0.3) is 0 Å². The molecule has 5 nitrogen and oxygen atoms in total. The van der Waals surface area contributed by atoms with E-state index in [1.807, 2.05) is 6.92 Å². The molecule has 1 fully saturated rings. The molecule has 6 heteroatoms. The van der Waals surface area contributed by atoms with Gasteiger partial charge in [-0.15, -0.1) is 0 Å². The van der Waals surface area contributed by atoms with Crippen molar-refractivity contribution in [2.24, 2.45) is 0 Å². The molecule has 1 aliphatic carbocycles. The monoisotopic (exact) mass is 250 g/mol. The van der Waals surface area contributed by atoms with Crippen molar-refractivity contribution in [2.75, 3.05) is 32.1 Å². The van der Waals surface area contributed by atoms with Gasteiger partial charge in [0.2, 0.25) is 10.0 Å². The minimum atomic E-state index is -3.10. The molecule has 0 aromatic heterocycles. The lowest BCUT2D eigenvalue weighted by atomic mass is 10.5. The SMILES string of the molecule is CCOCCCNS(=O)(=O)CCNC1CC1. The smallest absolute Gasteiger partial charge is 0.212 e. The second kappa shape index (κ2) is 7.21. The first-order chi connectivity index (χ1) is 7.64. The molecule has 96 valence electrons. The van der Waals surface area contributed by atoms with Gasteiger partial charge in [0.05, 0.1) is 5.75 Å². The van der Waals surface area contributed by atoms with Gasteiger partial charge in [-0.2, -0.15) is 0 Å². The maximum Gasteiger partial charge on any atom is 0.212 e. The van der Waals surface area contributed by atoms with Crippen LogP contribution in [0.15, 0.2) is 0 Å². The van der Waals surface area contributed by atoms with Crippen molar-refractivity contribution in [3.05, 3.63) is 0 Å². The molecular weight excluding hydrogens is 228 g/mol. The van der Waals surface area contributed by atoms with Crippen LogP contribution in [0.4, 0.5) is 0 Å². The van der Waals surface area contributed by atoms with E-state index in [0.29, 0.717) is 32.3 Å². The van der Waals surface area contributed by atoms with Gasteiger partial charge in [-0.25, -0.2) is 13.1 Å². The van der Waals surface area contributed by atoms with Gasteiger partial charge in [-0.3, -0.25) is 0 Å². The molecule has 0 spiro atoms. The third-order valence-electron chi connectivity index (χ3n) is 2.37. The molecule has 0 aliphatic heterocycles. The topological polar surface area (TPSA) is 67.4 Å². The molecule has 0 atom stereocenters. The van der Waals surface area contributed by atoms with Crippen molar-refractivity contribution in [1.82, 2.24) is 10.0 Å². The summed E-state index contributed by atoms with van der Waals surface area (Å²) in [7, 11) is -3.10. The fourth-order valence-corrected chi connectivity index (χ4v) is 2.29. The Labute approximate surface area is 98.0 Å². The lowest BCUT2D eigenvalue weighted by Gasteiger charge is -2.07. The number of hydrogen-bond acceptors (Lipinski definition) is 4. The molecule has 0 aromatic carbocycles. The first-order valence-corrected chi connectivity index (χ1v) is 7.58. The average molecular weight is 250 g/mol. The predicted octanol–water partition coefficient (Wildman–Crippen LogP) is 0.0844. The normalized spacial score (nSPS) is 16.6. The van der Waals surface area contributed by atoms with Crippen LogP contribution in [0.3, 0.4) is 0 Å². The standard InChI is InChI=1S/C10H22N2O3S/c1-2-15-8-3-6-12-16(13,14)9-7-11-10-4-5-10/h10-12H,2-9H2,1H3. The van der Waals surface area contributed by atoms with E-state index in [-0.39, 0.29) is 5.75 Å². The van der Waals surface area contributed by atoms with Gasteiger partial charge in [-0.1, -0.05) is 0 Å². The van der Waals surface area contributed by atoms with Gasteiger partial charge in [0.15, 0.2) is 0 Å². The Morgan fingerprint density at radius 3 is 2.69 bits per heavy atom. The van der Waals surface area contributed by atoms with E-state index in [2.05, 4.69) is 10.0 Å². The Hall–Kier alpha value is -0.170. The summed E-state index contributed by atoms with van der Waals surface area (Å²) in [4.78, 5) is 0. The Morgan fingerprint density at radius 1 is 1.31 bits per heavy atom. The summed E-state index contributed by atoms with van der Waals surface area (Å²) in [6.07, 6.45) is 3.09. The van der Waals surface area contributed by atoms with Crippen molar-refractivity contribution in [3.63, 3.8) is 0 Å². The van der Waals surface area contributed by atoms with Gasteiger partial charge in [0, 0.05) is 32.3 Å². The van der Waals surface area contributed by atoms with E-state index in [9.17, 15) is 8.42 Å². The summed E-state index contributed by atoms with van der Waals surface area (Å²) in [5, 5.41) is 3.18. The highest BCUT2D eigenvalue weighted by atomic mass is 32.2. The van der Waals surface area contributed by atoms with Crippen LogP contribution < -0.4 is 10.0 Å². The molecule has 0 unspecified atom stereocenters. The average Bonchev–Trinajstić information content (AvgIpc) is 3.01. The van der Waals surface area contributed by atoms with Crippen LogP contribution in [0.1, 0.15) is 26.2 Å². The van der Waals surface area contributed by atoms with Crippen molar-refractivity contribution in [1.29, 1.82) is 0 Å². The van der Waals surface area contributed by atoms with Crippen LogP contribution in [0.2, 0.25) is 0 Å². The van der Waals surface area contributed by atoms with Crippen molar-refractivity contribution < 1.29 is 13.2 Å². The molecule has 0 heterocycles. The Kier molecular flexibility index (Phi) is 6.26. The second-order valence-electron chi connectivity index (χ2n) is 3.99. The minimum absolute atomic E-state index is 0.165. The minimum Gasteiger partial charge on any atom is -0.382 e. The van der Waals surface area contributed by atoms with E-state index < -0.39 is 10.0 Å². The van der Waals surface area contributed by atoms with Gasteiger partial charge in [0.1, 0.15) is 0 Å². The number of hydrogen-bond donors (Lipinski definition) is 2. The molecule has 1 rings (SSSR count). The lowest BCUT2D eigenvalue weighted by Crippen LogP contribution is -2.33. The molecule has 0 aromatic rings. The third kappa shape index (κ3) is 7.16. The quantitative estimate of drug-likeness (QED) is 0.539. The predicted molar refractivity (Wildman–Crippen MR) is 63.9 cm³/mol. The maximum absolute atomic E-state index is 11.5. The highest BCUT2D eigenvalue weighted by Crippen LogP contribution is 2.17. The molecule has 0 saturated heterocycles. The number of nitrogens with one attached hydrogen (secondary N) is 2. The fraction of sp³-hybridized carbons (Fsp3) is 1.00. The Balaban J connectivity index is 1.98. The molecule has 0 radical (unpaired) electrons. The summed E-state index contributed by atoms with van der Waals surface area (Å²) in [6, 6.07) is 0.563. The summed E-state index contributed by atoms with van der Waals surface area (Å²) in [5.41, 5.74) is 0. The Morgan fingerprint density at radius 2 is 2.06 bits per heavy atom. The third-order valence-corrected chi connectivity index (χ3v) is 3.76. The molecule has 0 amide bonds. The highest BCUT2D eigenvalue weighted by molar-refractivity contribution is 7.89. The van der Waals surface area contributed by atoms with Gasteiger partial charge in [0.25, 0.3) is 0 Å². The molecule has 1 aliphatic rings. The largest absolute Gasteiger partial charge is 0.382 e. The molecule has 16 heavy (non-hydrogen) atoms. The molecular formula is C10H22N2O3S. The van der Waals surface area contributed by atoms with Crippen LogP contribution in [0, 0.1) is 0 Å². The van der Waals surface area contributed by atoms with Gasteiger partial charge < -0.3 is 10.1 Å². The van der Waals surface area contributed by atoms with Crippen LogP contribution in [-0.2, 0) is 14.8 Å². The van der Waals surface area contributed by atoms with E-state index in [0.717, 1.165) is 6.42 Å². The summed E-state index contributed by atoms with van der Waals surface area (Å²) < 4.78 is 30.6. The molecule has 2 N–H and O–H groups in total. The zero-order chi connectivity index (χ0) is 11.9. The summed E-state index contributed by atoms with van der Waals surface area (Å²) >= 11 is 0. The van der Waals surface area contributed by atoms with Gasteiger partial charge >= 0.3 is 0 Å². The summed E-state index contributed by atoms with van der Waals surface area (Å²) in [6.45, 7) is 4.22. The van der Waals surface area contributed by atoms with Gasteiger partial charge in [-0.05, 0) is 26.2 Å². The summed E-state index contributed by atoms with van der Waals surface area (Å²) in [5.74, 6) is 0.165. The van der Waals surface area contributed by atoms with E-state index in [1.54, 1.807) is 0 Å². The number of sulfonamides is 1. The fourth-order valence-electron chi connectivity index (χ4n) is 1.30. The zero-order valence-electron chi connectivity index (χ0n) is 9.87. The number of rotatable bonds is 10. The van der Waals surface area contributed by atoms with E-state index in [1.165, 1.54) is 12.8 Å². The van der Waals surface area contributed by atoms with Crippen LogP contribution >= 0.6 is 0 Å². The number of ether oxygens (including phenoxy) is 1. The molecule has 1 saturated carbocycles. The van der Waals surface area contributed by atoms with Crippen molar-refractivity contribution in [2.45, 2.75) is 32.2 Å². The second-order valence-corrected chi connectivity index (χ2v) is 5.92. The zero-order valence-corrected chi connectivity index (χ0v) is 10.7. The maximum atomic E-state index is 11.5. The van der Waals surface area contributed by atoms with E-state index >= 15 is 0 Å². The highest BCUT2D eigenvalue weighted by Gasteiger charge is 2.20. The van der Waals surface area contributed by atoms with E-state index in [4.69, 9.17) is 4.74 Å².